The maximum atomic E-state index is 12.7. The molecule has 2 N–H and O–H groups in total. The molecule has 0 aromatic carbocycles. The van der Waals surface area contributed by atoms with Crippen molar-refractivity contribution < 1.29 is 13.6 Å². The molecule has 0 saturated carbocycles. The highest BCUT2D eigenvalue weighted by molar-refractivity contribution is 5.90. The molecule has 0 saturated heterocycles. The number of amides is 1. The van der Waals surface area contributed by atoms with Crippen molar-refractivity contribution in [1.82, 2.24) is 4.98 Å². The first-order chi connectivity index (χ1) is 5.91. The maximum absolute atomic E-state index is 12.7. The van der Waals surface area contributed by atoms with E-state index in [0.29, 0.717) is 6.92 Å². The SMILES string of the molecule is CC(F)(F)c1cccc(C(N)=O)n1. The molecule has 0 aliphatic rings. The molecule has 70 valence electrons. The summed E-state index contributed by atoms with van der Waals surface area (Å²) in [6, 6.07) is 3.75. The van der Waals surface area contributed by atoms with Crippen molar-refractivity contribution in [2.75, 3.05) is 0 Å². The molecule has 1 heterocycles. The topological polar surface area (TPSA) is 56.0 Å². The van der Waals surface area contributed by atoms with E-state index in [1.807, 2.05) is 0 Å². The van der Waals surface area contributed by atoms with Gasteiger partial charge in [0, 0.05) is 6.92 Å². The standard InChI is InChI=1S/C8H8F2N2O/c1-8(9,10)6-4-2-3-5(12-6)7(11)13/h2-4H,1H3,(H2,11,13). The number of rotatable bonds is 2. The number of halogens is 2. The first-order valence-electron chi connectivity index (χ1n) is 3.56. The molecule has 0 atom stereocenters. The van der Waals surface area contributed by atoms with Crippen LogP contribution in [0.25, 0.3) is 0 Å². The summed E-state index contributed by atoms with van der Waals surface area (Å²) in [6.07, 6.45) is 0. The second kappa shape index (κ2) is 3.08. The van der Waals surface area contributed by atoms with E-state index in [0.717, 1.165) is 6.07 Å². The number of pyridine rings is 1. The summed E-state index contributed by atoms with van der Waals surface area (Å²) >= 11 is 0. The van der Waals surface area contributed by atoms with E-state index in [9.17, 15) is 13.6 Å². The molecule has 1 amide bonds. The lowest BCUT2D eigenvalue weighted by atomic mass is 10.2. The molecule has 0 bridgehead atoms. The monoisotopic (exact) mass is 186 g/mol. The molecular weight excluding hydrogens is 178 g/mol. The van der Waals surface area contributed by atoms with Crippen molar-refractivity contribution in [3.05, 3.63) is 29.6 Å². The average Bonchev–Trinajstić information content (AvgIpc) is 2.03. The van der Waals surface area contributed by atoms with E-state index in [4.69, 9.17) is 5.73 Å². The number of alkyl halides is 2. The maximum Gasteiger partial charge on any atom is 0.287 e. The van der Waals surface area contributed by atoms with E-state index in [1.54, 1.807) is 0 Å². The second-order valence-corrected chi connectivity index (χ2v) is 2.66. The number of carbonyl (C=O) groups is 1. The highest BCUT2D eigenvalue weighted by Crippen LogP contribution is 2.24. The Kier molecular flexibility index (Phi) is 2.27. The van der Waals surface area contributed by atoms with Crippen LogP contribution in [0.5, 0.6) is 0 Å². The number of aromatic nitrogens is 1. The zero-order valence-electron chi connectivity index (χ0n) is 6.92. The lowest BCUT2D eigenvalue weighted by molar-refractivity contribution is 0.0126. The molecule has 5 heteroatoms. The summed E-state index contributed by atoms with van der Waals surface area (Å²) in [5.41, 5.74) is 4.27. The van der Waals surface area contributed by atoms with Gasteiger partial charge in [0.2, 0.25) is 0 Å². The fraction of sp³-hybridized carbons (Fsp3) is 0.250. The van der Waals surface area contributed by atoms with Crippen LogP contribution in [0.4, 0.5) is 8.78 Å². The van der Waals surface area contributed by atoms with Crippen LogP contribution in [-0.4, -0.2) is 10.9 Å². The quantitative estimate of drug-likeness (QED) is 0.756. The van der Waals surface area contributed by atoms with Crippen LogP contribution in [-0.2, 0) is 5.92 Å². The molecule has 1 rings (SSSR count). The fourth-order valence-corrected chi connectivity index (χ4v) is 0.816. The number of carbonyl (C=O) groups excluding carboxylic acids is 1. The van der Waals surface area contributed by atoms with Crippen LogP contribution in [0.3, 0.4) is 0 Å². The first kappa shape index (κ1) is 9.57. The first-order valence-corrected chi connectivity index (χ1v) is 3.56. The van der Waals surface area contributed by atoms with E-state index >= 15 is 0 Å². The Labute approximate surface area is 73.6 Å². The minimum atomic E-state index is -3.05. The molecule has 0 unspecified atom stereocenters. The Hall–Kier alpha value is -1.52. The van der Waals surface area contributed by atoms with Crippen molar-refractivity contribution in [2.24, 2.45) is 5.73 Å². The number of nitrogens with two attached hydrogens (primary N) is 1. The highest BCUT2D eigenvalue weighted by Gasteiger charge is 2.26. The van der Waals surface area contributed by atoms with Crippen molar-refractivity contribution >= 4 is 5.91 Å². The van der Waals surface area contributed by atoms with Gasteiger partial charge in [-0.25, -0.2) is 4.98 Å². The van der Waals surface area contributed by atoms with Gasteiger partial charge >= 0.3 is 0 Å². The summed E-state index contributed by atoms with van der Waals surface area (Å²) in [6.45, 7) is 0.708. The van der Waals surface area contributed by atoms with Crippen molar-refractivity contribution in [1.29, 1.82) is 0 Å². The van der Waals surface area contributed by atoms with Gasteiger partial charge in [0.25, 0.3) is 11.8 Å². The predicted molar refractivity (Wildman–Crippen MR) is 42.3 cm³/mol. The molecule has 13 heavy (non-hydrogen) atoms. The molecule has 0 fully saturated rings. The molecule has 0 radical (unpaired) electrons. The van der Waals surface area contributed by atoms with Crippen LogP contribution in [0.15, 0.2) is 18.2 Å². The van der Waals surface area contributed by atoms with Gasteiger partial charge in [-0.1, -0.05) is 6.07 Å². The normalized spacial score (nSPS) is 11.3. The number of hydrogen-bond acceptors (Lipinski definition) is 2. The zero-order valence-corrected chi connectivity index (χ0v) is 6.92. The third-order valence-corrected chi connectivity index (χ3v) is 1.45. The van der Waals surface area contributed by atoms with Gasteiger partial charge in [-0.05, 0) is 12.1 Å². The van der Waals surface area contributed by atoms with Gasteiger partial charge in [0.1, 0.15) is 11.4 Å². The van der Waals surface area contributed by atoms with Crippen molar-refractivity contribution in [3.8, 4) is 0 Å². The smallest absolute Gasteiger partial charge is 0.287 e. The number of hydrogen-bond donors (Lipinski definition) is 1. The van der Waals surface area contributed by atoms with E-state index in [-0.39, 0.29) is 5.69 Å². The lowest BCUT2D eigenvalue weighted by Gasteiger charge is -2.09. The molecular formula is C8H8F2N2O. The van der Waals surface area contributed by atoms with E-state index in [2.05, 4.69) is 4.98 Å². The Morgan fingerprint density at radius 1 is 1.54 bits per heavy atom. The Balaban J connectivity index is 3.13. The van der Waals surface area contributed by atoms with Gasteiger partial charge in [-0.3, -0.25) is 4.79 Å². The fourth-order valence-electron chi connectivity index (χ4n) is 0.816. The van der Waals surface area contributed by atoms with Gasteiger partial charge in [-0.2, -0.15) is 8.78 Å². The minimum Gasteiger partial charge on any atom is -0.364 e. The predicted octanol–water partition coefficient (Wildman–Crippen LogP) is 1.29. The zero-order chi connectivity index (χ0) is 10.1. The molecule has 0 aliphatic heterocycles. The Morgan fingerprint density at radius 3 is 2.62 bits per heavy atom. The molecule has 1 aromatic heterocycles. The van der Waals surface area contributed by atoms with Crippen molar-refractivity contribution in [3.63, 3.8) is 0 Å². The summed E-state index contributed by atoms with van der Waals surface area (Å²) in [4.78, 5) is 14.0. The highest BCUT2D eigenvalue weighted by atomic mass is 19.3. The lowest BCUT2D eigenvalue weighted by Crippen LogP contribution is -2.17. The van der Waals surface area contributed by atoms with Gasteiger partial charge in [0.05, 0.1) is 0 Å². The van der Waals surface area contributed by atoms with Crippen LogP contribution in [0.1, 0.15) is 23.1 Å². The van der Waals surface area contributed by atoms with E-state index < -0.39 is 17.5 Å². The molecule has 0 aliphatic carbocycles. The van der Waals surface area contributed by atoms with E-state index in [1.165, 1.54) is 12.1 Å². The largest absolute Gasteiger partial charge is 0.364 e. The third kappa shape index (κ3) is 2.21. The van der Waals surface area contributed by atoms with Crippen LogP contribution in [0.2, 0.25) is 0 Å². The second-order valence-electron chi connectivity index (χ2n) is 2.66. The number of primary amides is 1. The Morgan fingerprint density at radius 2 is 2.15 bits per heavy atom. The summed E-state index contributed by atoms with van der Waals surface area (Å²) in [7, 11) is 0. The van der Waals surface area contributed by atoms with Crippen molar-refractivity contribution in [2.45, 2.75) is 12.8 Å². The molecule has 3 nitrogen and oxygen atoms in total. The van der Waals surface area contributed by atoms with Crippen LogP contribution >= 0.6 is 0 Å². The summed E-state index contributed by atoms with van der Waals surface area (Å²) in [5, 5.41) is 0. The summed E-state index contributed by atoms with van der Waals surface area (Å²) in [5.74, 6) is -3.86. The number of nitrogens with zero attached hydrogens (tertiary/aromatic N) is 1. The van der Waals surface area contributed by atoms with Gasteiger partial charge < -0.3 is 5.73 Å². The molecule has 1 aromatic rings. The molecule has 0 spiro atoms. The summed E-state index contributed by atoms with van der Waals surface area (Å²) < 4.78 is 25.4. The minimum absolute atomic E-state index is 0.154. The Bertz CT molecular complexity index is 333. The third-order valence-electron chi connectivity index (χ3n) is 1.45. The van der Waals surface area contributed by atoms with Gasteiger partial charge in [-0.15, -0.1) is 0 Å². The average molecular weight is 186 g/mol. The van der Waals surface area contributed by atoms with Crippen LogP contribution in [0, 0.1) is 0 Å². The van der Waals surface area contributed by atoms with Crippen LogP contribution < -0.4 is 5.73 Å². The van der Waals surface area contributed by atoms with Gasteiger partial charge in [0.15, 0.2) is 0 Å².